The Morgan fingerprint density at radius 3 is 2.50 bits per heavy atom. The van der Waals surface area contributed by atoms with Crippen molar-refractivity contribution in [2.24, 2.45) is 5.73 Å². The van der Waals surface area contributed by atoms with Crippen LogP contribution in [0, 0.1) is 6.92 Å². The first kappa shape index (κ1) is 17.1. The van der Waals surface area contributed by atoms with Crippen LogP contribution >= 0.6 is 0 Å². The molecule has 0 bridgehead atoms. The Balaban J connectivity index is 2.74. The zero-order valence-electron chi connectivity index (χ0n) is 12.7. The van der Waals surface area contributed by atoms with Crippen molar-refractivity contribution in [2.45, 2.75) is 38.3 Å². The molecular formula is C14H25N3O2S. The van der Waals surface area contributed by atoms with Gasteiger partial charge in [0.05, 0.1) is 4.90 Å². The third kappa shape index (κ3) is 4.56. The molecule has 6 heteroatoms. The van der Waals surface area contributed by atoms with E-state index in [9.17, 15) is 8.42 Å². The van der Waals surface area contributed by atoms with Gasteiger partial charge in [-0.15, -0.1) is 0 Å². The summed E-state index contributed by atoms with van der Waals surface area (Å²) in [5.74, 6) is 0. The Bertz CT molecular complexity index is 541. The summed E-state index contributed by atoms with van der Waals surface area (Å²) < 4.78 is 27.1. The van der Waals surface area contributed by atoms with Gasteiger partial charge in [0.15, 0.2) is 0 Å². The van der Waals surface area contributed by atoms with Crippen molar-refractivity contribution in [1.82, 2.24) is 9.62 Å². The van der Waals surface area contributed by atoms with Crippen molar-refractivity contribution in [3.8, 4) is 0 Å². The summed E-state index contributed by atoms with van der Waals surface area (Å²) >= 11 is 0. The second-order valence-corrected chi connectivity index (χ2v) is 7.01. The van der Waals surface area contributed by atoms with Gasteiger partial charge < -0.3 is 10.6 Å². The first-order chi connectivity index (χ1) is 9.27. The fourth-order valence-corrected chi connectivity index (χ4v) is 3.08. The first-order valence-corrected chi connectivity index (χ1v) is 8.25. The molecule has 0 amide bonds. The van der Waals surface area contributed by atoms with Crippen LogP contribution < -0.4 is 10.5 Å². The Kier molecular flexibility index (Phi) is 6.13. The van der Waals surface area contributed by atoms with Gasteiger partial charge in [0.2, 0.25) is 10.0 Å². The average molecular weight is 299 g/mol. The van der Waals surface area contributed by atoms with E-state index in [4.69, 9.17) is 5.73 Å². The van der Waals surface area contributed by atoms with Crippen molar-refractivity contribution >= 4 is 10.0 Å². The van der Waals surface area contributed by atoms with Crippen molar-refractivity contribution in [3.63, 3.8) is 0 Å². The van der Waals surface area contributed by atoms with Crippen LogP contribution in [0.3, 0.4) is 0 Å². The summed E-state index contributed by atoms with van der Waals surface area (Å²) in [6, 6.07) is 5.58. The van der Waals surface area contributed by atoms with E-state index in [-0.39, 0.29) is 0 Å². The van der Waals surface area contributed by atoms with Crippen molar-refractivity contribution in [1.29, 1.82) is 0 Å². The topological polar surface area (TPSA) is 75.4 Å². The fourth-order valence-electron chi connectivity index (χ4n) is 1.83. The lowest BCUT2D eigenvalue weighted by Gasteiger charge is -2.21. The number of nitrogens with one attached hydrogen (secondary N) is 1. The van der Waals surface area contributed by atoms with E-state index < -0.39 is 10.0 Å². The normalized spacial score (nSPS) is 12.3. The third-order valence-electron chi connectivity index (χ3n) is 3.40. The summed E-state index contributed by atoms with van der Waals surface area (Å²) in [7, 11) is -1.48. The molecular weight excluding hydrogens is 274 g/mol. The molecule has 114 valence electrons. The minimum absolute atomic E-state index is 0.321. The predicted octanol–water partition coefficient (Wildman–Crippen LogP) is 1.07. The molecule has 0 saturated heterocycles. The minimum Gasteiger partial charge on any atom is -0.326 e. The summed E-state index contributed by atoms with van der Waals surface area (Å²) in [6.07, 6.45) is 0. The first-order valence-electron chi connectivity index (χ1n) is 6.77. The Morgan fingerprint density at radius 1 is 1.35 bits per heavy atom. The van der Waals surface area contributed by atoms with E-state index in [0.29, 0.717) is 30.6 Å². The number of rotatable bonds is 7. The van der Waals surface area contributed by atoms with Gasteiger partial charge >= 0.3 is 0 Å². The molecule has 0 spiro atoms. The smallest absolute Gasteiger partial charge is 0.240 e. The largest absolute Gasteiger partial charge is 0.326 e. The number of hydrogen-bond acceptors (Lipinski definition) is 4. The lowest BCUT2D eigenvalue weighted by molar-refractivity contribution is 0.278. The molecule has 0 unspecified atom stereocenters. The number of nitrogens with two attached hydrogens (primary N) is 1. The molecule has 0 heterocycles. The van der Waals surface area contributed by atoms with E-state index in [2.05, 4.69) is 23.5 Å². The number of nitrogens with zero attached hydrogens (tertiary/aromatic N) is 1. The Morgan fingerprint density at radius 2 is 2.00 bits per heavy atom. The summed E-state index contributed by atoms with van der Waals surface area (Å²) in [5, 5.41) is 0. The van der Waals surface area contributed by atoms with Crippen LogP contribution in [-0.4, -0.2) is 39.5 Å². The Hall–Kier alpha value is -0.950. The zero-order chi connectivity index (χ0) is 15.3. The molecule has 0 saturated carbocycles. The zero-order valence-corrected chi connectivity index (χ0v) is 13.5. The van der Waals surface area contributed by atoms with Crippen molar-refractivity contribution < 1.29 is 8.42 Å². The highest BCUT2D eigenvalue weighted by atomic mass is 32.2. The second-order valence-electron chi connectivity index (χ2n) is 5.28. The minimum atomic E-state index is -3.45. The SMILES string of the molecule is Cc1cc(CN)ccc1S(=O)(=O)NCCN(C)C(C)C. The standard InChI is InChI=1S/C14H25N3O2S/c1-11(2)17(4)8-7-16-20(18,19)14-6-5-13(10-15)9-12(14)3/h5-6,9,11,16H,7-8,10,15H2,1-4H3. The highest BCUT2D eigenvalue weighted by Crippen LogP contribution is 2.16. The molecule has 20 heavy (non-hydrogen) atoms. The third-order valence-corrected chi connectivity index (χ3v) is 5.02. The van der Waals surface area contributed by atoms with Gasteiger partial charge in [-0.05, 0) is 45.0 Å². The number of aryl methyl sites for hydroxylation is 1. The van der Waals surface area contributed by atoms with Gasteiger partial charge in [-0.2, -0.15) is 0 Å². The Labute approximate surface area is 122 Å². The van der Waals surface area contributed by atoms with Gasteiger partial charge in [-0.3, -0.25) is 0 Å². The maximum absolute atomic E-state index is 12.2. The van der Waals surface area contributed by atoms with Crippen LogP contribution in [0.1, 0.15) is 25.0 Å². The van der Waals surface area contributed by atoms with Gasteiger partial charge in [-0.1, -0.05) is 12.1 Å². The molecule has 5 nitrogen and oxygen atoms in total. The summed E-state index contributed by atoms with van der Waals surface area (Å²) in [4.78, 5) is 2.41. The van der Waals surface area contributed by atoms with E-state index in [1.807, 2.05) is 13.1 Å². The molecule has 0 fully saturated rings. The van der Waals surface area contributed by atoms with Crippen molar-refractivity contribution in [2.75, 3.05) is 20.1 Å². The lowest BCUT2D eigenvalue weighted by Crippen LogP contribution is -2.36. The summed E-state index contributed by atoms with van der Waals surface area (Å²) in [5.41, 5.74) is 7.20. The monoisotopic (exact) mass is 299 g/mol. The molecule has 0 atom stereocenters. The quantitative estimate of drug-likeness (QED) is 0.790. The maximum atomic E-state index is 12.2. The van der Waals surface area contributed by atoms with Crippen LogP contribution in [0.4, 0.5) is 0 Å². The molecule has 0 aliphatic heterocycles. The fraction of sp³-hybridized carbons (Fsp3) is 0.571. The average Bonchev–Trinajstić information content (AvgIpc) is 2.37. The molecule has 1 aromatic rings. The van der Waals surface area contributed by atoms with Crippen LogP contribution in [0.15, 0.2) is 23.1 Å². The van der Waals surface area contributed by atoms with E-state index in [1.54, 1.807) is 19.1 Å². The van der Waals surface area contributed by atoms with E-state index in [0.717, 1.165) is 11.1 Å². The van der Waals surface area contributed by atoms with Gasteiger partial charge in [0, 0.05) is 25.7 Å². The molecule has 1 rings (SSSR count). The lowest BCUT2D eigenvalue weighted by atomic mass is 10.1. The van der Waals surface area contributed by atoms with E-state index >= 15 is 0 Å². The van der Waals surface area contributed by atoms with Crippen LogP contribution in [-0.2, 0) is 16.6 Å². The number of likely N-dealkylation sites (N-methyl/N-ethyl adjacent to an activating group) is 1. The van der Waals surface area contributed by atoms with Crippen molar-refractivity contribution in [3.05, 3.63) is 29.3 Å². The van der Waals surface area contributed by atoms with Gasteiger partial charge in [0.1, 0.15) is 0 Å². The molecule has 1 aromatic carbocycles. The van der Waals surface area contributed by atoms with Gasteiger partial charge in [-0.25, -0.2) is 13.1 Å². The highest BCUT2D eigenvalue weighted by molar-refractivity contribution is 7.89. The predicted molar refractivity (Wildman–Crippen MR) is 82.0 cm³/mol. The summed E-state index contributed by atoms with van der Waals surface area (Å²) in [6.45, 7) is 7.42. The molecule has 0 radical (unpaired) electrons. The number of hydrogen-bond donors (Lipinski definition) is 2. The van der Waals surface area contributed by atoms with E-state index in [1.165, 1.54) is 0 Å². The number of benzene rings is 1. The van der Waals surface area contributed by atoms with Crippen LogP contribution in [0.2, 0.25) is 0 Å². The van der Waals surface area contributed by atoms with Crippen LogP contribution in [0.5, 0.6) is 0 Å². The number of sulfonamides is 1. The van der Waals surface area contributed by atoms with Gasteiger partial charge in [0.25, 0.3) is 0 Å². The second kappa shape index (κ2) is 7.17. The van der Waals surface area contributed by atoms with Crippen LogP contribution in [0.25, 0.3) is 0 Å². The maximum Gasteiger partial charge on any atom is 0.240 e. The molecule has 3 N–H and O–H groups in total. The molecule has 0 aliphatic carbocycles. The molecule has 0 aliphatic rings. The highest BCUT2D eigenvalue weighted by Gasteiger charge is 2.16. The molecule has 0 aromatic heterocycles.